The lowest BCUT2D eigenvalue weighted by Gasteiger charge is -2.07. The van der Waals surface area contributed by atoms with Gasteiger partial charge in [0.1, 0.15) is 6.61 Å². The first-order valence-electron chi connectivity index (χ1n) is 5.91. The molecule has 0 saturated carbocycles. The van der Waals surface area contributed by atoms with Crippen LogP contribution < -0.4 is 5.32 Å². The van der Waals surface area contributed by atoms with Crippen LogP contribution in [0.3, 0.4) is 0 Å². The van der Waals surface area contributed by atoms with E-state index < -0.39 is 0 Å². The molecule has 1 rings (SSSR count). The lowest BCUT2D eigenvalue weighted by molar-refractivity contribution is 0.0377. The van der Waals surface area contributed by atoms with Crippen LogP contribution in [0.15, 0.2) is 10.6 Å². The Morgan fingerprint density at radius 1 is 1.44 bits per heavy atom. The molecule has 1 heterocycles. The first-order chi connectivity index (χ1) is 7.61. The van der Waals surface area contributed by atoms with Crippen LogP contribution in [0, 0.1) is 0 Å². The van der Waals surface area contributed by atoms with Gasteiger partial charge in [-0.05, 0) is 13.3 Å². The molecule has 92 valence electrons. The zero-order chi connectivity index (χ0) is 12.0. The van der Waals surface area contributed by atoms with Gasteiger partial charge in [0.05, 0.1) is 11.8 Å². The summed E-state index contributed by atoms with van der Waals surface area (Å²) in [7, 11) is 0. The van der Waals surface area contributed by atoms with Crippen molar-refractivity contribution in [1.29, 1.82) is 0 Å². The molecule has 4 heteroatoms. The molecule has 0 fully saturated rings. The Bertz CT molecular complexity index is 297. The summed E-state index contributed by atoms with van der Waals surface area (Å²) < 4.78 is 10.7. The SMILES string of the molecule is CCC(C)OCc1cc(CNC(C)C)no1. The minimum atomic E-state index is 0.266. The van der Waals surface area contributed by atoms with E-state index in [1.807, 2.05) is 6.07 Å². The maximum absolute atomic E-state index is 5.56. The summed E-state index contributed by atoms with van der Waals surface area (Å²) >= 11 is 0. The highest BCUT2D eigenvalue weighted by Gasteiger charge is 2.06. The number of hydrogen-bond donors (Lipinski definition) is 1. The molecular formula is C12H22N2O2. The Morgan fingerprint density at radius 3 is 2.81 bits per heavy atom. The van der Waals surface area contributed by atoms with Gasteiger partial charge in [-0.1, -0.05) is 25.9 Å². The topological polar surface area (TPSA) is 47.3 Å². The van der Waals surface area contributed by atoms with Gasteiger partial charge < -0.3 is 14.6 Å². The van der Waals surface area contributed by atoms with Crippen LogP contribution >= 0.6 is 0 Å². The minimum Gasteiger partial charge on any atom is -0.370 e. The molecule has 1 aromatic heterocycles. The molecule has 1 aromatic rings. The summed E-state index contributed by atoms with van der Waals surface area (Å²) in [5.41, 5.74) is 0.927. The first kappa shape index (κ1) is 13.2. The highest BCUT2D eigenvalue weighted by molar-refractivity contribution is 5.04. The highest BCUT2D eigenvalue weighted by Crippen LogP contribution is 2.07. The predicted molar refractivity (Wildman–Crippen MR) is 63.0 cm³/mol. The zero-order valence-electron chi connectivity index (χ0n) is 10.6. The first-order valence-corrected chi connectivity index (χ1v) is 5.91. The molecule has 0 spiro atoms. The number of ether oxygens (including phenoxy) is 1. The van der Waals surface area contributed by atoms with Gasteiger partial charge in [0.15, 0.2) is 5.76 Å². The third kappa shape index (κ3) is 4.77. The van der Waals surface area contributed by atoms with Gasteiger partial charge in [0, 0.05) is 18.7 Å². The number of rotatable bonds is 7. The van der Waals surface area contributed by atoms with E-state index in [4.69, 9.17) is 9.26 Å². The summed E-state index contributed by atoms with van der Waals surface area (Å²) in [6.07, 6.45) is 1.28. The molecule has 0 aliphatic heterocycles. The van der Waals surface area contributed by atoms with Crippen molar-refractivity contribution in [2.24, 2.45) is 0 Å². The molecule has 0 aliphatic rings. The zero-order valence-corrected chi connectivity index (χ0v) is 10.6. The van der Waals surface area contributed by atoms with Crippen LogP contribution in [0.4, 0.5) is 0 Å². The summed E-state index contributed by atoms with van der Waals surface area (Å²) in [5.74, 6) is 0.792. The fourth-order valence-corrected chi connectivity index (χ4v) is 1.16. The molecular weight excluding hydrogens is 204 g/mol. The van der Waals surface area contributed by atoms with E-state index in [-0.39, 0.29) is 6.10 Å². The van der Waals surface area contributed by atoms with Gasteiger partial charge in [-0.3, -0.25) is 0 Å². The monoisotopic (exact) mass is 226 g/mol. The van der Waals surface area contributed by atoms with Crippen LogP contribution in [0.25, 0.3) is 0 Å². The van der Waals surface area contributed by atoms with Gasteiger partial charge in [-0.15, -0.1) is 0 Å². The Hall–Kier alpha value is -0.870. The highest BCUT2D eigenvalue weighted by atomic mass is 16.5. The Labute approximate surface area is 97.3 Å². The fraction of sp³-hybridized carbons (Fsp3) is 0.750. The molecule has 0 amide bonds. The second-order valence-electron chi connectivity index (χ2n) is 4.35. The van der Waals surface area contributed by atoms with E-state index in [9.17, 15) is 0 Å². The number of nitrogens with zero attached hydrogens (tertiary/aromatic N) is 1. The van der Waals surface area contributed by atoms with Crippen molar-refractivity contribution in [2.75, 3.05) is 0 Å². The normalized spacial score (nSPS) is 13.3. The number of hydrogen-bond acceptors (Lipinski definition) is 4. The van der Waals surface area contributed by atoms with Gasteiger partial charge in [-0.2, -0.15) is 0 Å². The van der Waals surface area contributed by atoms with E-state index in [0.29, 0.717) is 12.6 Å². The quantitative estimate of drug-likeness (QED) is 0.776. The maximum Gasteiger partial charge on any atom is 0.162 e. The maximum atomic E-state index is 5.56. The van der Waals surface area contributed by atoms with Crippen molar-refractivity contribution >= 4 is 0 Å². The number of aromatic nitrogens is 1. The van der Waals surface area contributed by atoms with Gasteiger partial charge >= 0.3 is 0 Å². The van der Waals surface area contributed by atoms with Crippen LogP contribution in [-0.2, 0) is 17.9 Å². The standard InChI is InChI=1S/C12H22N2O2/c1-5-10(4)15-8-12-6-11(14-16-12)7-13-9(2)3/h6,9-10,13H,5,7-8H2,1-4H3. The summed E-state index contributed by atoms with van der Waals surface area (Å²) in [6, 6.07) is 2.40. The lowest BCUT2D eigenvalue weighted by atomic mass is 10.3. The van der Waals surface area contributed by atoms with Crippen LogP contribution in [0.2, 0.25) is 0 Å². The minimum absolute atomic E-state index is 0.266. The Balaban J connectivity index is 2.33. The average Bonchev–Trinajstić information content (AvgIpc) is 2.71. The summed E-state index contributed by atoms with van der Waals surface area (Å²) in [5, 5.41) is 7.26. The largest absolute Gasteiger partial charge is 0.370 e. The molecule has 0 bridgehead atoms. The van der Waals surface area contributed by atoms with E-state index >= 15 is 0 Å². The van der Waals surface area contributed by atoms with Crippen LogP contribution in [0.1, 0.15) is 45.6 Å². The smallest absolute Gasteiger partial charge is 0.162 e. The molecule has 0 saturated heterocycles. The van der Waals surface area contributed by atoms with Crippen molar-refractivity contribution in [3.63, 3.8) is 0 Å². The van der Waals surface area contributed by atoms with E-state index in [1.54, 1.807) is 0 Å². The van der Waals surface area contributed by atoms with Crippen LogP contribution in [0.5, 0.6) is 0 Å². The van der Waals surface area contributed by atoms with E-state index in [0.717, 1.165) is 24.4 Å². The fourth-order valence-electron chi connectivity index (χ4n) is 1.16. The lowest BCUT2D eigenvalue weighted by Crippen LogP contribution is -2.21. The molecule has 0 radical (unpaired) electrons. The molecule has 1 unspecified atom stereocenters. The number of nitrogens with one attached hydrogen (secondary N) is 1. The van der Waals surface area contributed by atoms with Crippen molar-refractivity contribution in [3.05, 3.63) is 17.5 Å². The van der Waals surface area contributed by atoms with Crippen molar-refractivity contribution in [2.45, 2.75) is 59.4 Å². The molecule has 4 nitrogen and oxygen atoms in total. The van der Waals surface area contributed by atoms with Crippen molar-refractivity contribution in [1.82, 2.24) is 10.5 Å². The molecule has 16 heavy (non-hydrogen) atoms. The third-order valence-corrected chi connectivity index (χ3v) is 2.38. The third-order valence-electron chi connectivity index (χ3n) is 2.38. The van der Waals surface area contributed by atoms with Crippen molar-refractivity contribution in [3.8, 4) is 0 Å². The molecule has 0 aliphatic carbocycles. The second kappa shape index (κ2) is 6.66. The van der Waals surface area contributed by atoms with E-state index in [2.05, 4.69) is 38.2 Å². The predicted octanol–water partition coefficient (Wildman–Crippen LogP) is 2.49. The van der Waals surface area contributed by atoms with Gasteiger partial charge in [0.25, 0.3) is 0 Å². The molecule has 0 aromatic carbocycles. The summed E-state index contributed by atoms with van der Waals surface area (Å²) in [6.45, 7) is 9.61. The molecule has 1 N–H and O–H groups in total. The van der Waals surface area contributed by atoms with E-state index in [1.165, 1.54) is 0 Å². The molecule has 1 atom stereocenters. The van der Waals surface area contributed by atoms with Gasteiger partial charge in [-0.25, -0.2) is 0 Å². The summed E-state index contributed by atoms with van der Waals surface area (Å²) in [4.78, 5) is 0. The van der Waals surface area contributed by atoms with Gasteiger partial charge in [0.2, 0.25) is 0 Å². The van der Waals surface area contributed by atoms with Crippen molar-refractivity contribution < 1.29 is 9.26 Å². The average molecular weight is 226 g/mol. The Morgan fingerprint density at radius 2 is 2.19 bits per heavy atom. The van der Waals surface area contributed by atoms with Crippen LogP contribution in [-0.4, -0.2) is 17.3 Å². The second-order valence-corrected chi connectivity index (χ2v) is 4.35. The Kier molecular flexibility index (Phi) is 5.49.